The van der Waals surface area contributed by atoms with Crippen LogP contribution in [0, 0.1) is 6.92 Å². The summed E-state index contributed by atoms with van der Waals surface area (Å²) in [6.07, 6.45) is 0.147. The molecule has 2 aromatic carbocycles. The normalized spacial score (nSPS) is 17.8. The van der Waals surface area contributed by atoms with Crippen LogP contribution in [0.1, 0.15) is 37.0 Å². The maximum Gasteiger partial charge on any atom is 0.237 e. The summed E-state index contributed by atoms with van der Waals surface area (Å²) in [4.78, 5) is 27.4. The molecule has 1 aliphatic heterocycles. The SMILES string of the molecule is Cc1ccccc1CN1CCNC(=O)[C@@H]1CC(=O)NC(C)(C)c1ccccc1. The summed E-state index contributed by atoms with van der Waals surface area (Å²) in [5.41, 5.74) is 2.92. The summed E-state index contributed by atoms with van der Waals surface area (Å²) in [7, 11) is 0. The fraction of sp³-hybridized carbons (Fsp3) is 0.391. The number of carbonyl (C=O) groups excluding carboxylic acids is 2. The molecule has 0 radical (unpaired) electrons. The molecule has 0 spiro atoms. The highest BCUT2D eigenvalue weighted by molar-refractivity contribution is 5.89. The molecular formula is C23H29N3O2. The van der Waals surface area contributed by atoms with Crippen molar-refractivity contribution in [2.24, 2.45) is 0 Å². The molecule has 0 bridgehead atoms. The molecule has 0 saturated carbocycles. The average molecular weight is 380 g/mol. The molecule has 1 fully saturated rings. The van der Waals surface area contributed by atoms with E-state index in [-0.39, 0.29) is 18.2 Å². The zero-order valence-corrected chi connectivity index (χ0v) is 16.9. The molecule has 2 N–H and O–H groups in total. The second-order valence-corrected chi connectivity index (χ2v) is 7.95. The van der Waals surface area contributed by atoms with Crippen LogP contribution in [-0.4, -0.2) is 35.8 Å². The third kappa shape index (κ3) is 4.78. The lowest BCUT2D eigenvalue weighted by molar-refractivity contribution is -0.134. The summed E-state index contributed by atoms with van der Waals surface area (Å²) in [5, 5.41) is 5.99. The van der Waals surface area contributed by atoms with E-state index >= 15 is 0 Å². The second-order valence-electron chi connectivity index (χ2n) is 7.95. The predicted octanol–water partition coefficient (Wildman–Crippen LogP) is 2.74. The van der Waals surface area contributed by atoms with E-state index in [0.717, 1.165) is 12.1 Å². The van der Waals surface area contributed by atoms with E-state index < -0.39 is 11.6 Å². The number of carbonyl (C=O) groups is 2. The lowest BCUT2D eigenvalue weighted by Crippen LogP contribution is -2.56. The number of nitrogens with zero attached hydrogens (tertiary/aromatic N) is 1. The number of hydrogen-bond acceptors (Lipinski definition) is 3. The van der Waals surface area contributed by atoms with Gasteiger partial charge in [-0.2, -0.15) is 0 Å². The molecule has 1 heterocycles. The first-order chi connectivity index (χ1) is 13.4. The second kappa shape index (κ2) is 8.57. The minimum Gasteiger partial charge on any atom is -0.353 e. The van der Waals surface area contributed by atoms with Gasteiger partial charge in [0.05, 0.1) is 18.0 Å². The van der Waals surface area contributed by atoms with Gasteiger partial charge in [-0.25, -0.2) is 0 Å². The van der Waals surface area contributed by atoms with E-state index in [1.54, 1.807) is 0 Å². The van der Waals surface area contributed by atoms with Crippen LogP contribution in [0.5, 0.6) is 0 Å². The molecule has 5 nitrogen and oxygen atoms in total. The Morgan fingerprint density at radius 1 is 1.14 bits per heavy atom. The highest BCUT2D eigenvalue weighted by Crippen LogP contribution is 2.21. The molecule has 0 aromatic heterocycles. The Morgan fingerprint density at radius 3 is 2.54 bits per heavy atom. The van der Waals surface area contributed by atoms with Crippen LogP contribution in [0.2, 0.25) is 0 Å². The highest BCUT2D eigenvalue weighted by Gasteiger charge is 2.33. The maximum atomic E-state index is 12.8. The van der Waals surface area contributed by atoms with Crippen molar-refractivity contribution in [2.45, 2.75) is 45.3 Å². The Hall–Kier alpha value is -2.66. The molecule has 2 amide bonds. The van der Waals surface area contributed by atoms with Gasteiger partial charge in [-0.3, -0.25) is 14.5 Å². The third-order valence-electron chi connectivity index (χ3n) is 5.40. The number of piperazine rings is 1. The Morgan fingerprint density at radius 2 is 1.82 bits per heavy atom. The van der Waals surface area contributed by atoms with E-state index in [2.05, 4.69) is 34.6 Å². The van der Waals surface area contributed by atoms with Crippen LogP contribution in [0.25, 0.3) is 0 Å². The van der Waals surface area contributed by atoms with Gasteiger partial charge in [-0.1, -0.05) is 54.6 Å². The Kier molecular flexibility index (Phi) is 6.15. The van der Waals surface area contributed by atoms with Gasteiger partial charge in [0.2, 0.25) is 11.8 Å². The molecule has 0 unspecified atom stereocenters. The van der Waals surface area contributed by atoms with E-state index in [1.165, 1.54) is 11.1 Å². The summed E-state index contributed by atoms with van der Waals surface area (Å²) in [6, 6.07) is 17.6. The minimum atomic E-state index is -0.496. The first-order valence-corrected chi connectivity index (χ1v) is 9.79. The van der Waals surface area contributed by atoms with E-state index in [1.807, 2.05) is 56.3 Å². The molecule has 5 heteroatoms. The number of nitrogens with one attached hydrogen (secondary N) is 2. The van der Waals surface area contributed by atoms with E-state index in [0.29, 0.717) is 13.1 Å². The quantitative estimate of drug-likeness (QED) is 0.811. The van der Waals surface area contributed by atoms with Crippen molar-refractivity contribution in [3.8, 4) is 0 Å². The largest absolute Gasteiger partial charge is 0.353 e. The summed E-state index contributed by atoms with van der Waals surface area (Å²) in [5.74, 6) is -0.196. The van der Waals surface area contributed by atoms with Crippen LogP contribution >= 0.6 is 0 Å². The fourth-order valence-corrected chi connectivity index (χ4v) is 3.68. The Bertz CT molecular complexity index is 833. The summed E-state index contributed by atoms with van der Waals surface area (Å²) in [6.45, 7) is 8.04. The van der Waals surface area contributed by atoms with E-state index in [4.69, 9.17) is 0 Å². The van der Waals surface area contributed by atoms with Crippen LogP contribution in [0.3, 0.4) is 0 Å². The summed E-state index contributed by atoms with van der Waals surface area (Å²) >= 11 is 0. The molecule has 1 atom stereocenters. The van der Waals surface area contributed by atoms with Crippen molar-refractivity contribution in [1.82, 2.24) is 15.5 Å². The van der Waals surface area contributed by atoms with Crippen molar-refractivity contribution in [3.63, 3.8) is 0 Å². The van der Waals surface area contributed by atoms with Crippen LogP contribution < -0.4 is 10.6 Å². The van der Waals surface area contributed by atoms with Crippen molar-refractivity contribution >= 4 is 11.8 Å². The van der Waals surface area contributed by atoms with Crippen molar-refractivity contribution in [1.29, 1.82) is 0 Å². The number of rotatable bonds is 6. The van der Waals surface area contributed by atoms with Gasteiger partial charge in [0, 0.05) is 19.6 Å². The van der Waals surface area contributed by atoms with Gasteiger partial charge in [0.25, 0.3) is 0 Å². The Labute approximate surface area is 167 Å². The van der Waals surface area contributed by atoms with Crippen molar-refractivity contribution < 1.29 is 9.59 Å². The van der Waals surface area contributed by atoms with Crippen LogP contribution in [0.15, 0.2) is 54.6 Å². The average Bonchev–Trinajstić information content (AvgIpc) is 2.66. The minimum absolute atomic E-state index is 0.0764. The molecule has 3 rings (SSSR count). The van der Waals surface area contributed by atoms with Gasteiger partial charge < -0.3 is 10.6 Å². The van der Waals surface area contributed by atoms with Gasteiger partial charge in [-0.15, -0.1) is 0 Å². The molecule has 0 aliphatic carbocycles. The monoisotopic (exact) mass is 379 g/mol. The maximum absolute atomic E-state index is 12.8. The van der Waals surface area contributed by atoms with Crippen molar-refractivity contribution in [2.75, 3.05) is 13.1 Å². The number of hydrogen-bond donors (Lipinski definition) is 2. The standard InChI is InChI=1S/C23H29N3O2/c1-17-9-7-8-10-18(17)16-26-14-13-24-22(28)20(26)15-21(27)25-23(2,3)19-11-5-4-6-12-19/h4-12,20H,13-16H2,1-3H3,(H,24,28)(H,25,27)/t20-/m0/s1. The van der Waals surface area contributed by atoms with Gasteiger partial charge in [-0.05, 0) is 37.5 Å². The zero-order chi connectivity index (χ0) is 20.1. The highest BCUT2D eigenvalue weighted by atomic mass is 16.2. The number of aryl methyl sites for hydroxylation is 1. The smallest absolute Gasteiger partial charge is 0.237 e. The third-order valence-corrected chi connectivity index (χ3v) is 5.40. The topological polar surface area (TPSA) is 61.4 Å². The van der Waals surface area contributed by atoms with Gasteiger partial charge >= 0.3 is 0 Å². The zero-order valence-electron chi connectivity index (χ0n) is 16.9. The van der Waals surface area contributed by atoms with Crippen LogP contribution in [-0.2, 0) is 21.7 Å². The number of benzene rings is 2. The lowest BCUT2D eigenvalue weighted by Gasteiger charge is -2.36. The van der Waals surface area contributed by atoms with Crippen molar-refractivity contribution in [3.05, 3.63) is 71.3 Å². The molecular weight excluding hydrogens is 350 g/mol. The van der Waals surface area contributed by atoms with Crippen LogP contribution in [0.4, 0.5) is 0 Å². The molecule has 1 aliphatic rings. The van der Waals surface area contributed by atoms with E-state index in [9.17, 15) is 9.59 Å². The fourth-order valence-electron chi connectivity index (χ4n) is 3.68. The lowest BCUT2D eigenvalue weighted by atomic mass is 9.93. The predicted molar refractivity (Wildman–Crippen MR) is 111 cm³/mol. The van der Waals surface area contributed by atoms with Gasteiger partial charge in [0.15, 0.2) is 0 Å². The molecule has 28 heavy (non-hydrogen) atoms. The number of amides is 2. The molecule has 148 valence electrons. The van der Waals surface area contributed by atoms with Gasteiger partial charge in [0.1, 0.15) is 0 Å². The summed E-state index contributed by atoms with van der Waals surface area (Å²) < 4.78 is 0. The first kappa shape index (κ1) is 20.1. The molecule has 2 aromatic rings. The molecule has 1 saturated heterocycles. The Balaban J connectivity index is 1.69. The first-order valence-electron chi connectivity index (χ1n) is 9.79.